The summed E-state index contributed by atoms with van der Waals surface area (Å²) in [6, 6.07) is 18.2. The Morgan fingerprint density at radius 3 is 2.74 bits per heavy atom. The Bertz CT molecular complexity index is 1080. The van der Waals surface area contributed by atoms with Crippen molar-refractivity contribution in [1.29, 1.82) is 0 Å². The highest BCUT2D eigenvalue weighted by atomic mass is 16.4. The highest BCUT2D eigenvalue weighted by Crippen LogP contribution is 2.23. The monoisotopic (exact) mass is 360 g/mol. The van der Waals surface area contributed by atoms with E-state index in [4.69, 9.17) is 4.42 Å². The lowest BCUT2D eigenvalue weighted by Gasteiger charge is -2.21. The van der Waals surface area contributed by atoms with Crippen molar-refractivity contribution in [3.8, 4) is 0 Å². The Morgan fingerprint density at radius 1 is 0.926 bits per heavy atom. The van der Waals surface area contributed by atoms with Gasteiger partial charge in [-0.1, -0.05) is 18.2 Å². The van der Waals surface area contributed by atoms with Gasteiger partial charge in [-0.15, -0.1) is 0 Å². The van der Waals surface area contributed by atoms with E-state index < -0.39 is 0 Å². The minimum atomic E-state index is 0.0700. The van der Waals surface area contributed by atoms with E-state index in [-0.39, 0.29) is 5.91 Å². The number of anilines is 1. The molecule has 4 aromatic rings. The molecule has 1 saturated heterocycles. The van der Waals surface area contributed by atoms with Gasteiger partial charge in [0.15, 0.2) is 5.58 Å². The molecule has 1 fully saturated rings. The molecule has 6 heteroatoms. The van der Waals surface area contributed by atoms with Crippen LogP contribution in [0.5, 0.6) is 0 Å². The van der Waals surface area contributed by atoms with Gasteiger partial charge in [0.1, 0.15) is 11.2 Å². The molecule has 1 aliphatic rings. The van der Waals surface area contributed by atoms with Crippen LogP contribution in [0.4, 0.5) is 6.01 Å². The van der Waals surface area contributed by atoms with Gasteiger partial charge in [-0.25, -0.2) is 0 Å². The Labute approximate surface area is 156 Å². The summed E-state index contributed by atoms with van der Waals surface area (Å²) in [5.41, 5.74) is 3.40. The van der Waals surface area contributed by atoms with Crippen molar-refractivity contribution in [3.63, 3.8) is 0 Å². The first-order valence-corrected chi connectivity index (χ1v) is 9.25. The topological polar surface area (TPSA) is 54.0 Å². The van der Waals surface area contributed by atoms with E-state index in [0.29, 0.717) is 24.8 Å². The van der Waals surface area contributed by atoms with E-state index in [1.54, 1.807) is 0 Å². The van der Waals surface area contributed by atoms with Gasteiger partial charge in [0.2, 0.25) is 0 Å². The summed E-state index contributed by atoms with van der Waals surface area (Å²) < 4.78 is 7.85. The van der Waals surface area contributed by atoms with E-state index in [9.17, 15) is 4.79 Å². The lowest BCUT2D eigenvalue weighted by atomic mass is 10.3. The lowest BCUT2D eigenvalue weighted by Crippen LogP contribution is -2.35. The maximum atomic E-state index is 13.1. The number of oxazole rings is 1. The first-order valence-electron chi connectivity index (χ1n) is 9.25. The van der Waals surface area contributed by atoms with Crippen molar-refractivity contribution in [2.24, 2.45) is 0 Å². The van der Waals surface area contributed by atoms with Crippen LogP contribution in [0.3, 0.4) is 0 Å². The molecule has 0 spiro atoms. The largest absolute Gasteiger partial charge is 0.423 e. The maximum absolute atomic E-state index is 13.1. The summed E-state index contributed by atoms with van der Waals surface area (Å²) in [4.78, 5) is 21.7. The number of carbonyl (C=O) groups is 1. The Morgan fingerprint density at radius 2 is 1.81 bits per heavy atom. The number of pyridine rings is 1. The van der Waals surface area contributed by atoms with E-state index in [2.05, 4.69) is 9.88 Å². The zero-order chi connectivity index (χ0) is 18.2. The standard InChI is InChI=1S/C21H20N4O2/c26-20(18-10-9-16-6-3-4-13-25(16)18)23-11-5-12-24(15-14-23)21-22-17-7-1-2-8-19(17)27-21/h1-4,6-10,13H,5,11-12,14-15H2. The SMILES string of the molecule is O=C(c1ccc2ccccn12)N1CCCN(c2nc3ccccc3o2)CC1. The number of rotatable bonds is 2. The average molecular weight is 360 g/mol. The molecular formula is C21H20N4O2. The normalized spacial score (nSPS) is 15.4. The molecule has 0 unspecified atom stereocenters. The van der Waals surface area contributed by atoms with Crippen LogP contribution in [0.15, 0.2) is 65.2 Å². The third-order valence-electron chi connectivity index (χ3n) is 5.12. The molecule has 0 N–H and O–H groups in total. The number of fused-ring (bicyclic) bond motifs is 2. The predicted octanol–water partition coefficient (Wildman–Crippen LogP) is 3.43. The van der Waals surface area contributed by atoms with Gasteiger partial charge in [-0.3, -0.25) is 4.79 Å². The summed E-state index contributed by atoms with van der Waals surface area (Å²) in [5.74, 6) is 0.0700. The van der Waals surface area contributed by atoms with Crippen LogP contribution in [0.2, 0.25) is 0 Å². The first kappa shape index (κ1) is 15.9. The van der Waals surface area contributed by atoms with Gasteiger partial charge in [-0.2, -0.15) is 4.98 Å². The van der Waals surface area contributed by atoms with Crippen LogP contribution in [-0.2, 0) is 0 Å². The number of para-hydroxylation sites is 2. The van der Waals surface area contributed by atoms with Crippen LogP contribution in [0.25, 0.3) is 16.6 Å². The second kappa shape index (κ2) is 6.46. The number of hydrogen-bond donors (Lipinski definition) is 0. The minimum Gasteiger partial charge on any atom is -0.423 e. The molecule has 0 atom stereocenters. The highest BCUT2D eigenvalue weighted by Gasteiger charge is 2.24. The number of hydrogen-bond acceptors (Lipinski definition) is 4. The van der Waals surface area contributed by atoms with Crippen LogP contribution in [0, 0.1) is 0 Å². The molecule has 1 aliphatic heterocycles. The van der Waals surface area contributed by atoms with Crippen LogP contribution >= 0.6 is 0 Å². The van der Waals surface area contributed by atoms with Gasteiger partial charge in [0, 0.05) is 37.9 Å². The number of benzene rings is 1. The van der Waals surface area contributed by atoms with E-state index in [1.165, 1.54) is 0 Å². The maximum Gasteiger partial charge on any atom is 0.298 e. The van der Waals surface area contributed by atoms with E-state index >= 15 is 0 Å². The zero-order valence-electron chi connectivity index (χ0n) is 14.9. The van der Waals surface area contributed by atoms with Crippen LogP contribution in [0.1, 0.15) is 16.9 Å². The Kier molecular flexibility index (Phi) is 3.81. The molecule has 27 heavy (non-hydrogen) atoms. The predicted molar refractivity (Wildman–Crippen MR) is 104 cm³/mol. The fraction of sp³-hybridized carbons (Fsp3) is 0.238. The number of aromatic nitrogens is 2. The second-order valence-corrected chi connectivity index (χ2v) is 6.81. The molecule has 0 bridgehead atoms. The smallest absolute Gasteiger partial charge is 0.298 e. The van der Waals surface area contributed by atoms with Crippen molar-refractivity contribution in [3.05, 3.63) is 66.5 Å². The number of amides is 1. The quantitative estimate of drug-likeness (QED) is 0.550. The van der Waals surface area contributed by atoms with Crippen molar-refractivity contribution >= 4 is 28.5 Å². The second-order valence-electron chi connectivity index (χ2n) is 6.81. The first-order chi connectivity index (χ1) is 13.3. The average Bonchev–Trinajstić information content (AvgIpc) is 3.24. The summed E-state index contributed by atoms with van der Waals surface area (Å²) in [7, 11) is 0. The fourth-order valence-corrected chi connectivity index (χ4v) is 3.70. The Hall–Kier alpha value is -3.28. The van der Waals surface area contributed by atoms with Crippen molar-refractivity contribution in [1.82, 2.24) is 14.3 Å². The molecular weight excluding hydrogens is 340 g/mol. The highest BCUT2D eigenvalue weighted by molar-refractivity contribution is 5.94. The fourth-order valence-electron chi connectivity index (χ4n) is 3.70. The van der Waals surface area contributed by atoms with Crippen molar-refractivity contribution in [2.75, 3.05) is 31.1 Å². The molecule has 1 amide bonds. The molecule has 0 saturated carbocycles. The zero-order valence-corrected chi connectivity index (χ0v) is 14.9. The minimum absolute atomic E-state index is 0.0700. The molecule has 3 aromatic heterocycles. The summed E-state index contributed by atoms with van der Waals surface area (Å²) in [6.45, 7) is 2.92. The van der Waals surface area contributed by atoms with Crippen molar-refractivity contribution < 1.29 is 9.21 Å². The van der Waals surface area contributed by atoms with Gasteiger partial charge in [0.25, 0.3) is 11.9 Å². The van der Waals surface area contributed by atoms with Gasteiger partial charge >= 0.3 is 0 Å². The lowest BCUT2D eigenvalue weighted by molar-refractivity contribution is 0.0760. The molecule has 6 nitrogen and oxygen atoms in total. The van der Waals surface area contributed by atoms with Crippen LogP contribution < -0.4 is 4.90 Å². The summed E-state index contributed by atoms with van der Waals surface area (Å²) in [5, 5.41) is 0. The van der Waals surface area contributed by atoms with E-state index in [1.807, 2.05) is 70.1 Å². The van der Waals surface area contributed by atoms with Gasteiger partial charge in [0.05, 0.1) is 0 Å². The third-order valence-corrected chi connectivity index (χ3v) is 5.12. The van der Waals surface area contributed by atoms with Gasteiger partial charge < -0.3 is 18.6 Å². The molecule has 5 rings (SSSR count). The van der Waals surface area contributed by atoms with Crippen molar-refractivity contribution in [2.45, 2.75) is 6.42 Å². The molecule has 136 valence electrons. The van der Waals surface area contributed by atoms with Gasteiger partial charge in [-0.05, 0) is 42.8 Å². The molecule has 1 aromatic carbocycles. The van der Waals surface area contributed by atoms with Crippen LogP contribution in [-0.4, -0.2) is 46.4 Å². The summed E-state index contributed by atoms with van der Waals surface area (Å²) >= 11 is 0. The third kappa shape index (κ3) is 2.83. The molecule has 0 radical (unpaired) electrons. The van der Waals surface area contributed by atoms with E-state index in [0.717, 1.165) is 36.1 Å². The number of nitrogens with zero attached hydrogens (tertiary/aromatic N) is 4. The Balaban J connectivity index is 1.35. The molecule has 0 aliphatic carbocycles. The summed E-state index contributed by atoms with van der Waals surface area (Å²) in [6.07, 6.45) is 2.82. The number of carbonyl (C=O) groups excluding carboxylic acids is 1. The molecule has 4 heterocycles.